The van der Waals surface area contributed by atoms with Gasteiger partial charge in [-0.25, -0.2) is 13.6 Å². The highest BCUT2D eigenvalue weighted by molar-refractivity contribution is 5.91. The Hall–Kier alpha value is -3.81. The number of ether oxygens (including phenoxy) is 5. The van der Waals surface area contributed by atoms with E-state index in [0.29, 0.717) is 24.8 Å². The second-order valence-corrected chi connectivity index (χ2v) is 14.4. The summed E-state index contributed by atoms with van der Waals surface area (Å²) in [5.41, 5.74) is 9.33. The molecule has 3 fully saturated rings. The highest BCUT2D eigenvalue weighted by Crippen LogP contribution is 2.51. The molecule has 3 aliphatic rings. The number of unbranched alkanes of at least 4 members (excludes halogenated alkanes) is 1. The fraction of sp³-hybridized carbons (Fsp3) is 0.694. The Kier molecular flexibility index (Phi) is 15.8. The van der Waals surface area contributed by atoms with Crippen molar-refractivity contribution in [3.8, 4) is 0 Å². The van der Waals surface area contributed by atoms with Crippen LogP contribution in [0.4, 0.5) is 8.78 Å². The van der Waals surface area contributed by atoms with Gasteiger partial charge in [-0.2, -0.15) is 0 Å². The third-order valence-corrected chi connectivity index (χ3v) is 10.2. The lowest BCUT2D eigenvalue weighted by Gasteiger charge is -2.54. The Morgan fingerprint density at radius 1 is 1.15 bits per heavy atom. The molecule has 0 aromatic rings. The number of halogens is 2. The molecule has 4 unspecified atom stereocenters. The van der Waals surface area contributed by atoms with Crippen molar-refractivity contribution >= 4 is 29.5 Å². The molecule has 16 nitrogen and oxygen atoms in total. The Balaban J connectivity index is 1.55. The van der Waals surface area contributed by atoms with Crippen LogP contribution in [0.25, 0.3) is 0 Å². The zero-order chi connectivity index (χ0) is 40.4. The van der Waals surface area contributed by atoms with Crippen molar-refractivity contribution in [1.29, 1.82) is 0 Å². The van der Waals surface area contributed by atoms with Crippen LogP contribution in [-0.2, 0) is 42.9 Å². The van der Waals surface area contributed by atoms with Crippen LogP contribution >= 0.6 is 0 Å². The van der Waals surface area contributed by atoms with Gasteiger partial charge in [-0.1, -0.05) is 51.2 Å². The summed E-state index contributed by atoms with van der Waals surface area (Å²) in [4.78, 5) is 53.7. The van der Waals surface area contributed by atoms with E-state index in [1.807, 2.05) is 6.92 Å². The zero-order valence-corrected chi connectivity index (χ0v) is 31.4. The number of aliphatic imine (C=N–C) groups is 1. The first-order valence-corrected chi connectivity index (χ1v) is 17.9. The number of amides is 2. The molecule has 0 aliphatic carbocycles. The average molecular weight is 772 g/mol. The molecule has 3 aliphatic heterocycles. The Labute approximate surface area is 313 Å². The van der Waals surface area contributed by atoms with Crippen molar-refractivity contribution in [2.75, 3.05) is 20.4 Å². The van der Waals surface area contributed by atoms with Gasteiger partial charge in [-0.3, -0.25) is 19.4 Å². The van der Waals surface area contributed by atoms with Gasteiger partial charge in [0.1, 0.15) is 24.7 Å². The lowest BCUT2D eigenvalue weighted by Crippen LogP contribution is -2.71. The number of aliphatic hydroxyl groups excluding tert-OH is 1. The highest BCUT2D eigenvalue weighted by Gasteiger charge is 2.67. The number of aliphatic carboxylic acids is 1. The van der Waals surface area contributed by atoms with E-state index in [0.717, 1.165) is 6.08 Å². The number of aliphatic hydroxyl groups is 1. The summed E-state index contributed by atoms with van der Waals surface area (Å²) in [6.07, 6.45) is -1.62. The quantitative estimate of drug-likeness (QED) is 0.0291. The number of nitrogens with two attached hydrogens (primary N) is 2. The number of carboxylic acid groups (broad SMARTS) is 1. The monoisotopic (exact) mass is 771 g/mol. The van der Waals surface area contributed by atoms with Crippen LogP contribution < -0.4 is 22.1 Å². The minimum Gasteiger partial charge on any atom is -0.480 e. The molecule has 3 heterocycles. The van der Waals surface area contributed by atoms with Gasteiger partial charge in [0.05, 0.1) is 17.6 Å². The predicted molar refractivity (Wildman–Crippen MR) is 191 cm³/mol. The number of fused-ring (bicyclic) bond motifs is 1. The second-order valence-electron chi connectivity index (χ2n) is 14.4. The lowest BCUT2D eigenvalue weighted by molar-refractivity contribution is -0.370. The number of alkyl halides is 2. The molecular weight excluding hydrogens is 716 g/mol. The van der Waals surface area contributed by atoms with E-state index in [1.54, 1.807) is 19.1 Å². The summed E-state index contributed by atoms with van der Waals surface area (Å²) in [5.74, 6) is -8.62. The maximum absolute atomic E-state index is 16.0. The number of Topliss-reactive ketones (excluding diaryl/α,β-unsaturated/α-hetero) is 1. The van der Waals surface area contributed by atoms with Gasteiger partial charge in [0.25, 0.3) is 11.8 Å². The predicted octanol–water partition coefficient (Wildman–Crippen LogP) is 1.80. The minimum atomic E-state index is -3.52. The van der Waals surface area contributed by atoms with Crippen molar-refractivity contribution in [2.24, 2.45) is 27.8 Å². The normalized spacial score (nSPS) is 30.3. The summed E-state index contributed by atoms with van der Waals surface area (Å²) in [6.45, 7) is 9.86. The Morgan fingerprint density at radius 3 is 2.48 bits per heavy atom. The molecule has 3 rings (SSSR count). The molecule has 18 heteroatoms. The molecule has 0 radical (unpaired) electrons. The number of carbonyl (C=O) groups is 4. The van der Waals surface area contributed by atoms with Crippen molar-refractivity contribution in [3.63, 3.8) is 0 Å². The number of hydrogen-bond donors (Lipinski definition) is 6. The summed E-state index contributed by atoms with van der Waals surface area (Å²) < 4.78 is 60.3. The van der Waals surface area contributed by atoms with Gasteiger partial charge in [-0.15, -0.1) is 0 Å². The minimum absolute atomic E-state index is 0.0142. The zero-order valence-electron chi connectivity index (χ0n) is 31.4. The molecule has 0 bridgehead atoms. The van der Waals surface area contributed by atoms with Gasteiger partial charge in [0.15, 0.2) is 24.4 Å². The second kappa shape index (κ2) is 19.2. The van der Waals surface area contributed by atoms with E-state index in [1.165, 1.54) is 27.0 Å². The van der Waals surface area contributed by atoms with Crippen LogP contribution in [0.5, 0.6) is 0 Å². The van der Waals surface area contributed by atoms with Gasteiger partial charge >= 0.3 is 5.97 Å². The molecule has 0 spiro atoms. The molecule has 304 valence electrons. The average Bonchev–Trinajstić information content (AvgIpc) is 3.10. The standard InChI is InChI=1S/C36H55F2N5O11/c1-20-18-35(50-6,54-22(3)21(20)2)28(46)30(47)43-31-27-29(51-19-52-31)36(37,38)34(4,5)25(53-27)17-23(44)13-10-8-7-9-11-15-26(45)42-24(32(48)49)14-12-16-41-33(39)40/h7,9,11,15,21-22,24-25,27-29,31,46H,1,8,10,12-14,16-19H2,2-6H3,(H,42,45)(H,43,47)(H,48,49)(H4,39,40,41)/b9-7+,15-11+/t21-,22-,24?,25?,27+,28?,29+,31?,35-/m1/s1. The molecular formula is C36H55F2N5O11. The first-order valence-electron chi connectivity index (χ1n) is 17.9. The molecule has 9 atom stereocenters. The molecule has 54 heavy (non-hydrogen) atoms. The van der Waals surface area contributed by atoms with Crippen LogP contribution in [0.15, 0.2) is 41.4 Å². The van der Waals surface area contributed by atoms with Crippen molar-refractivity contribution in [2.45, 2.75) is 127 Å². The van der Waals surface area contributed by atoms with Gasteiger partial charge in [0, 0.05) is 44.9 Å². The van der Waals surface area contributed by atoms with Gasteiger partial charge < -0.3 is 56.0 Å². The van der Waals surface area contributed by atoms with E-state index < -0.39 is 84.5 Å². The molecule has 0 saturated carbocycles. The Morgan fingerprint density at radius 2 is 1.85 bits per heavy atom. The summed E-state index contributed by atoms with van der Waals surface area (Å²) in [5, 5.41) is 25.3. The van der Waals surface area contributed by atoms with Crippen LogP contribution in [-0.4, -0.2) is 115 Å². The maximum atomic E-state index is 16.0. The summed E-state index contributed by atoms with van der Waals surface area (Å²) in [6, 6.07) is -1.12. The first kappa shape index (κ1) is 44.6. The van der Waals surface area contributed by atoms with E-state index >= 15 is 8.78 Å². The molecule has 8 N–H and O–H groups in total. The number of guanidine groups is 1. The largest absolute Gasteiger partial charge is 0.480 e. The van der Waals surface area contributed by atoms with E-state index in [4.69, 9.17) is 35.2 Å². The molecule has 2 amide bonds. The summed E-state index contributed by atoms with van der Waals surface area (Å²) in [7, 11) is 1.28. The van der Waals surface area contributed by atoms with Crippen LogP contribution in [0.3, 0.4) is 0 Å². The topological polar surface area (TPSA) is 243 Å². The maximum Gasteiger partial charge on any atom is 0.326 e. The summed E-state index contributed by atoms with van der Waals surface area (Å²) >= 11 is 0. The number of methoxy groups -OCH3 is 1. The van der Waals surface area contributed by atoms with Crippen molar-refractivity contribution in [3.05, 3.63) is 36.5 Å². The molecule has 0 aromatic heterocycles. The SMILES string of the molecule is C=C1C[C@](OC)(C(O)C(=O)NC2OCO[C@H]3[C@@H]2OC(CC(=O)CCC/C=C/C=C/C(=O)NC(CCCN=C(N)N)C(=O)O)C(C)(C)C3(F)F)O[C@H](C)[C@@H]1C. The number of carbonyl (C=O) groups excluding carboxylic acids is 3. The fourth-order valence-corrected chi connectivity index (χ4v) is 6.46. The third kappa shape index (κ3) is 10.9. The number of carboxylic acids is 1. The number of allylic oxidation sites excluding steroid dienone is 3. The third-order valence-electron chi connectivity index (χ3n) is 10.2. The number of hydrogen-bond acceptors (Lipinski definition) is 11. The molecule has 0 aromatic carbocycles. The highest BCUT2D eigenvalue weighted by atomic mass is 19.3. The molecule has 3 saturated heterocycles. The fourth-order valence-electron chi connectivity index (χ4n) is 6.46. The number of nitrogens with one attached hydrogen (secondary N) is 2. The number of ketones is 1. The lowest BCUT2D eigenvalue weighted by atomic mass is 9.71. The van der Waals surface area contributed by atoms with E-state index in [9.17, 15) is 29.4 Å². The van der Waals surface area contributed by atoms with Crippen molar-refractivity contribution in [1.82, 2.24) is 10.6 Å². The van der Waals surface area contributed by atoms with Gasteiger partial charge in [0.2, 0.25) is 11.7 Å². The first-order chi connectivity index (χ1) is 25.3. The smallest absolute Gasteiger partial charge is 0.326 e. The van der Waals surface area contributed by atoms with Gasteiger partial charge in [-0.05, 0) is 32.6 Å². The Bertz CT molecular complexity index is 1450. The number of nitrogens with zero attached hydrogens (tertiary/aromatic N) is 1. The van der Waals surface area contributed by atoms with E-state index in [-0.39, 0.29) is 49.9 Å². The van der Waals surface area contributed by atoms with Crippen molar-refractivity contribution < 1.29 is 61.9 Å². The van der Waals surface area contributed by atoms with E-state index in [2.05, 4.69) is 22.2 Å². The van der Waals surface area contributed by atoms with Crippen LogP contribution in [0.2, 0.25) is 0 Å². The van der Waals surface area contributed by atoms with Crippen LogP contribution in [0, 0.1) is 11.3 Å². The van der Waals surface area contributed by atoms with Crippen LogP contribution in [0.1, 0.15) is 72.6 Å². The number of rotatable bonds is 18.